The molecule has 0 aliphatic carbocycles. The van der Waals surface area contributed by atoms with Gasteiger partial charge in [0.1, 0.15) is 12.4 Å². The van der Waals surface area contributed by atoms with Crippen LogP contribution in [0.15, 0.2) is 67.4 Å². The quantitative estimate of drug-likeness (QED) is 0.154. The third-order valence-corrected chi connectivity index (χ3v) is 5.03. The highest BCUT2D eigenvalue weighted by Crippen LogP contribution is 2.17. The lowest BCUT2D eigenvalue weighted by Gasteiger charge is -2.15. The van der Waals surface area contributed by atoms with E-state index in [0.29, 0.717) is 28.9 Å². The van der Waals surface area contributed by atoms with Crippen molar-refractivity contribution >= 4 is 28.7 Å². The van der Waals surface area contributed by atoms with Gasteiger partial charge in [0, 0.05) is 24.4 Å². The van der Waals surface area contributed by atoms with Gasteiger partial charge in [0.05, 0.1) is 42.2 Å². The number of amidine groups is 1. The topological polar surface area (TPSA) is 125 Å². The molecule has 1 atom stereocenters. The van der Waals surface area contributed by atoms with Crippen LogP contribution in [0.2, 0.25) is 0 Å². The van der Waals surface area contributed by atoms with E-state index in [0.717, 1.165) is 11.3 Å². The minimum atomic E-state index is -0.421. The van der Waals surface area contributed by atoms with E-state index in [-0.39, 0.29) is 36.2 Å². The molecule has 0 bridgehead atoms. The number of allylic oxidation sites excluding steroid dienone is 3. The number of imidazole rings is 1. The van der Waals surface area contributed by atoms with Gasteiger partial charge in [-0.25, -0.2) is 14.7 Å². The van der Waals surface area contributed by atoms with Crippen molar-refractivity contribution in [3.05, 3.63) is 78.8 Å². The molecule has 1 amide bonds. The summed E-state index contributed by atoms with van der Waals surface area (Å²) >= 11 is 0. The molecule has 176 valence electrons. The van der Waals surface area contributed by atoms with Gasteiger partial charge >= 0.3 is 11.9 Å². The molecule has 0 radical (unpaired) electrons. The van der Waals surface area contributed by atoms with Crippen molar-refractivity contribution in [3.8, 4) is 6.07 Å². The normalized spacial score (nSPS) is 11.6. The number of amides is 1. The number of carbonyl (C=O) groups excluding carboxylic acids is 2. The number of ether oxygens (including phenoxy) is 1. The first kappa shape index (κ1) is 26.0. The van der Waals surface area contributed by atoms with Crippen LogP contribution in [0, 0.1) is 16.7 Å². The van der Waals surface area contributed by atoms with Crippen molar-refractivity contribution in [2.24, 2.45) is 7.05 Å². The number of fused-ring (bicyclic) bond motifs is 1. The molecule has 9 heteroatoms. The smallest absolute Gasteiger partial charge is 0.350 e. The summed E-state index contributed by atoms with van der Waals surface area (Å²) < 4.78 is 6.83. The Bertz CT molecular complexity index is 1220. The Hall–Kier alpha value is -4.29. The number of benzene rings is 1. The highest BCUT2D eigenvalue weighted by Gasteiger charge is 2.27. The Balaban J connectivity index is 2.21. The van der Waals surface area contributed by atoms with E-state index in [2.05, 4.69) is 30.0 Å². The van der Waals surface area contributed by atoms with Crippen molar-refractivity contribution in [2.75, 3.05) is 13.2 Å². The second-order valence-corrected chi connectivity index (χ2v) is 7.37. The van der Waals surface area contributed by atoms with Crippen LogP contribution in [-0.2, 0) is 23.1 Å². The zero-order valence-electron chi connectivity index (χ0n) is 19.5. The fraction of sp³-hybridized carbons (Fsp3) is 0.240. The van der Waals surface area contributed by atoms with Crippen LogP contribution in [-0.4, -0.2) is 40.4 Å². The number of nitriles is 1. The maximum atomic E-state index is 13.1. The average molecular weight is 462 g/mol. The van der Waals surface area contributed by atoms with Gasteiger partial charge in [-0.2, -0.15) is 5.26 Å². The number of aryl methyl sites for hydroxylation is 1. The minimum absolute atomic E-state index is 0.00677. The number of aromatic nitrogens is 2. The lowest BCUT2D eigenvalue weighted by molar-refractivity contribution is -0.711. The van der Waals surface area contributed by atoms with Crippen LogP contribution in [0.5, 0.6) is 0 Å². The first-order valence-electron chi connectivity index (χ1n) is 10.6. The number of nitrogens with one attached hydrogen (secondary N) is 3. The third kappa shape index (κ3) is 6.60. The van der Waals surface area contributed by atoms with E-state index in [4.69, 9.17) is 15.4 Å². The predicted octanol–water partition coefficient (Wildman–Crippen LogP) is 1.95. The molecule has 0 saturated heterocycles. The number of carbonyl (C=O) groups is 2. The summed E-state index contributed by atoms with van der Waals surface area (Å²) in [5.41, 5.74) is 2.75. The highest BCUT2D eigenvalue weighted by atomic mass is 16.5. The molecule has 2 rings (SSSR count). The van der Waals surface area contributed by atoms with Gasteiger partial charge in [0.15, 0.2) is 0 Å². The minimum Gasteiger partial charge on any atom is -0.466 e. The van der Waals surface area contributed by atoms with Crippen LogP contribution >= 0.6 is 0 Å². The van der Waals surface area contributed by atoms with Crippen molar-refractivity contribution in [1.29, 1.82) is 10.7 Å². The second-order valence-electron chi connectivity index (χ2n) is 7.37. The molecule has 9 nitrogen and oxygen atoms in total. The maximum absolute atomic E-state index is 13.1. The SMILES string of the molecule is C=CC(=N)[NH+](CCC(=O)OCC)C(=O)c1ccc2c(c1)nc(CNC(=C)C=CC(=C)C#N)n2C. The Kier molecular flexibility index (Phi) is 9.23. The molecule has 1 aromatic heterocycles. The molecule has 0 spiro atoms. The zero-order valence-corrected chi connectivity index (χ0v) is 19.5. The summed E-state index contributed by atoms with van der Waals surface area (Å²) in [6, 6.07) is 7.09. The molecule has 0 aliphatic rings. The Morgan fingerprint density at radius 1 is 1.35 bits per heavy atom. The first-order valence-corrected chi connectivity index (χ1v) is 10.6. The van der Waals surface area contributed by atoms with Gasteiger partial charge < -0.3 is 14.6 Å². The maximum Gasteiger partial charge on any atom is 0.350 e. The van der Waals surface area contributed by atoms with Crippen molar-refractivity contribution in [3.63, 3.8) is 0 Å². The van der Waals surface area contributed by atoms with E-state index in [1.54, 1.807) is 37.3 Å². The van der Waals surface area contributed by atoms with Gasteiger partial charge in [-0.3, -0.25) is 10.2 Å². The van der Waals surface area contributed by atoms with E-state index < -0.39 is 5.97 Å². The number of nitrogens with zero attached hydrogens (tertiary/aromatic N) is 3. The van der Waals surface area contributed by atoms with Crippen LogP contribution in [0.1, 0.15) is 29.5 Å². The molecule has 34 heavy (non-hydrogen) atoms. The monoisotopic (exact) mass is 461 g/mol. The van der Waals surface area contributed by atoms with Gasteiger partial charge in [-0.05, 0) is 37.3 Å². The average Bonchev–Trinajstić information content (AvgIpc) is 3.15. The van der Waals surface area contributed by atoms with Crippen molar-refractivity contribution < 1.29 is 19.2 Å². The van der Waals surface area contributed by atoms with Gasteiger partial charge in [0.2, 0.25) is 5.84 Å². The molecule has 1 heterocycles. The number of quaternary nitrogens is 1. The van der Waals surface area contributed by atoms with Crippen LogP contribution in [0.4, 0.5) is 0 Å². The third-order valence-electron chi connectivity index (χ3n) is 5.03. The van der Waals surface area contributed by atoms with E-state index in [1.165, 1.54) is 6.08 Å². The van der Waals surface area contributed by atoms with Gasteiger partial charge in [-0.15, -0.1) is 0 Å². The zero-order chi connectivity index (χ0) is 25.3. The van der Waals surface area contributed by atoms with Crippen LogP contribution in [0.3, 0.4) is 0 Å². The van der Waals surface area contributed by atoms with Gasteiger partial charge in [0.25, 0.3) is 0 Å². The van der Waals surface area contributed by atoms with Gasteiger partial charge in [-0.1, -0.05) is 19.7 Å². The summed E-state index contributed by atoms with van der Waals surface area (Å²) in [7, 11) is 1.87. The van der Waals surface area contributed by atoms with E-state index >= 15 is 0 Å². The molecule has 0 fully saturated rings. The molecule has 1 unspecified atom stereocenters. The standard InChI is InChI=1S/C25H28N6O3/c1-6-22(27)31(13-12-24(32)34-7-2)25(33)19-10-11-21-20(14-19)29-23(30(21)5)16-28-18(4)9-8-17(3)15-26/h6,8-11,14,27-28H,1,3-4,7,12-13,16H2,2,5H3/p+1. The molecule has 1 aromatic carbocycles. The Morgan fingerprint density at radius 3 is 2.74 bits per heavy atom. The fourth-order valence-corrected chi connectivity index (χ4v) is 3.17. The predicted molar refractivity (Wildman–Crippen MR) is 130 cm³/mol. The lowest BCUT2D eigenvalue weighted by atomic mass is 10.1. The molecular formula is C25H29N6O3+. The lowest BCUT2D eigenvalue weighted by Crippen LogP contribution is -3.16. The highest BCUT2D eigenvalue weighted by molar-refractivity contribution is 5.99. The van der Waals surface area contributed by atoms with Crippen molar-refractivity contribution in [2.45, 2.75) is 19.9 Å². The van der Waals surface area contributed by atoms with Crippen molar-refractivity contribution in [1.82, 2.24) is 14.9 Å². The summed E-state index contributed by atoms with van der Waals surface area (Å²) in [6.07, 6.45) is 4.52. The molecule has 2 aromatic rings. The molecule has 0 aliphatic heterocycles. The van der Waals surface area contributed by atoms with E-state index in [9.17, 15) is 9.59 Å². The Labute approximate surface area is 198 Å². The summed E-state index contributed by atoms with van der Waals surface area (Å²) in [6.45, 7) is 13.5. The first-order chi connectivity index (χ1) is 16.2. The van der Waals surface area contributed by atoms with E-state index in [1.807, 2.05) is 17.7 Å². The molecule has 3 N–H and O–H groups in total. The number of rotatable bonds is 11. The summed E-state index contributed by atoms with van der Waals surface area (Å²) in [4.78, 5) is 29.7. The molecule has 0 saturated carbocycles. The van der Waals surface area contributed by atoms with Crippen LogP contribution < -0.4 is 10.2 Å². The number of hydrogen-bond acceptors (Lipinski definition) is 7. The second kappa shape index (κ2) is 12.1. The van der Waals surface area contributed by atoms with Crippen LogP contribution in [0.25, 0.3) is 11.0 Å². The number of hydrogen-bond donors (Lipinski definition) is 3. The summed E-state index contributed by atoms with van der Waals surface area (Å²) in [5, 5.41) is 20.0. The molecular weight excluding hydrogens is 432 g/mol. The Morgan fingerprint density at radius 2 is 2.09 bits per heavy atom. The summed E-state index contributed by atoms with van der Waals surface area (Å²) in [5.74, 6) is -0.0717. The largest absolute Gasteiger partial charge is 0.466 e. The number of esters is 1. The fourth-order valence-electron chi connectivity index (χ4n) is 3.17.